The lowest BCUT2D eigenvalue weighted by atomic mass is 10.3. The van der Waals surface area contributed by atoms with Gasteiger partial charge in [-0.2, -0.15) is 0 Å². The zero-order valence-corrected chi connectivity index (χ0v) is 9.47. The maximum absolute atomic E-state index is 10.6. The van der Waals surface area contributed by atoms with E-state index >= 15 is 0 Å². The largest absolute Gasteiger partial charge is 0.461 e. The van der Waals surface area contributed by atoms with Gasteiger partial charge in [-0.25, -0.2) is 4.79 Å². The van der Waals surface area contributed by atoms with Crippen molar-refractivity contribution in [2.45, 2.75) is 13.0 Å². The van der Waals surface area contributed by atoms with Crippen molar-refractivity contribution >= 4 is 17.6 Å². The van der Waals surface area contributed by atoms with Crippen LogP contribution in [0.1, 0.15) is 6.92 Å². The molecule has 0 fully saturated rings. The molecule has 78 valence electrons. The van der Waals surface area contributed by atoms with E-state index in [-0.39, 0.29) is 12.0 Å². The maximum Gasteiger partial charge on any atom is 0.330 e. The molecular formula is C9H18ClNO2. The lowest BCUT2D eigenvalue weighted by molar-refractivity contribution is -0.139. The van der Waals surface area contributed by atoms with Gasteiger partial charge in [0.2, 0.25) is 0 Å². The predicted octanol–water partition coefficient (Wildman–Crippen LogP) is 1.52. The second-order valence-electron chi connectivity index (χ2n) is 2.65. The van der Waals surface area contributed by atoms with Crippen LogP contribution in [0.2, 0.25) is 0 Å². The molecule has 3 nitrogen and oxygen atoms in total. The van der Waals surface area contributed by atoms with Gasteiger partial charge in [-0.1, -0.05) is 6.58 Å². The number of esters is 1. The summed E-state index contributed by atoms with van der Waals surface area (Å²) in [6, 6.07) is 0.249. The molecule has 0 rings (SSSR count). The molecule has 13 heavy (non-hydrogen) atoms. The Kier molecular flexibility index (Phi) is 11.0. The summed E-state index contributed by atoms with van der Waals surface area (Å²) in [5.74, 6) is -0.362. The van der Waals surface area contributed by atoms with E-state index in [1.54, 1.807) is 0 Å². The Labute approximate surface area is 85.3 Å². The number of alkyl halides is 1. The van der Waals surface area contributed by atoms with E-state index in [1.807, 2.05) is 25.9 Å². The Hall–Kier alpha value is -0.540. The van der Waals surface area contributed by atoms with Crippen molar-refractivity contribution in [3.8, 4) is 0 Å². The molecule has 0 aromatic carbocycles. The summed E-state index contributed by atoms with van der Waals surface area (Å²) in [5, 5.41) is 0. The van der Waals surface area contributed by atoms with Gasteiger partial charge in [0.15, 0.2) is 0 Å². The highest BCUT2D eigenvalue weighted by atomic mass is 35.5. The molecular weight excluding hydrogens is 190 g/mol. The van der Waals surface area contributed by atoms with Crippen molar-refractivity contribution in [3.63, 3.8) is 0 Å². The number of ether oxygens (including phenoxy) is 1. The van der Waals surface area contributed by atoms with E-state index < -0.39 is 0 Å². The van der Waals surface area contributed by atoms with E-state index in [4.69, 9.17) is 4.74 Å². The average Bonchev–Trinajstić information content (AvgIpc) is 2.16. The van der Waals surface area contributed by atoms with Gasteiger partial charge in [0.05, 0.1) is 0 Å². The SMILES string of the molecule is C=CC(=O)OCC(C)N(C)C.CCl. The van der Waals surface area contributed by atoms with Gasteiger partial charge in [0.1, 0.15) is 6.61 Å². The summed E-state index contributed by atoms with van der Waals surface area (Å²) in [7, 11) is 3.87. The lowest BCUT2D eigenvalue weighted by Crippen LogP contribution is -2.30. The quantitative estimate of drug-likeness (QED) is 0.398. The number of halogens is 1. The third-order valence-corrected chi connectivity index (χ3v) is 1.52. The fourth-order valence-electron chi connectivity index (χ4n) is 0.411. The Morgan fingerprint density at radius 3 is 2.38 bits per heavy atom. The van der Waals surface area contributed by atoms with Crippen molar-refractivity contribution in [2.24, 2.45) is 0 Å². The first-order valence-electron chi connectivity index (χ1n) is 3.91. The number of carbonyl (C=O) groups excluding carboxylic acids is 1. The van der Waals surface area contributed by atoms with Crippen LogP contribution in [-0.4, -0.2) is 44.0 Å². The highest BCUT2D eigenvalue weighted by molar-refractivity contribution is 6.15. The first-order chi connectivity index (χ1) is 6.07. The number of carbonyl (C=O) groups is 1. The third kappa shape index (κ3) is 9.37. The summed E-state index contributed by atoms with van der Waals surface area (Å²) < 4.78 is 4.82. The molecule has 0 radical (unpaired) electrons. The first kappa shape index (κ1) is 15.0. The minimum absolute atomic E-state index is 0.249. The first-order valence-corrected chi connectivity index (χ1v) is 4.67. The number of likely N-dealkylation sites (N-methyl/N-ethyl adjacent to an activating group) is 1. The smallest absolute Gasteiger partial charge is 0.330 e. The Bertz CT molecular complexity index is 149. The molecule has 0 saturated heterocycles. The van der Waals surface area contributed by atoms with Crippen LogP contribution in [0.15, 0.2) is 12.7 Å². The molecule has 0 N–H and O–H groups in total. The van der Waals surface area contributed by atoms with Crippen molar-refractivity contribution in [1.82, 2.24) is 4.90 Å². The molecule has 0 bridgehead atoms. The zero-order chi connectivity index (χ0) is 10.9. The van der Waals surface area contributed by atoms with Crippen LogP contribution in [-0.2, 0) is 9.53 Å². The van der Waals surface area contributed by atoms with Crippen LogP contribution in [0, 0.1) is 0 Å². The van der Waals surface area contributed by atoms with Crippen LogP contribution in [0.3, 0.4) is 0 Å². The van der Waals surface area contributed by atoms with Crippen molar-refractivity contribution < 1.29 is 9.53 Å². The van der Waals surface area contributed by atoms with Gasteiger partial charge < -0.3 is 9.64 Å². The van der Waals surface area contributed by atoms with Crippen LogP contribution in [0.25, 0.3) is 0 Å². The van der Waals surface area contributed by atoms with Gasteiger partial charge in [-0.3, -0.25) is 0 Å². The Balaban J connectivity index is 0. The van der Waals surface area contributed by atoms with Crippen LogP contribution in [0.5, 0.6) is 0 Å². The van der Waals surface area contributed by atoms with E-state index in [0.29, 0.717) is 6.61 Å². The van der Waals surface area contributed by atoms with Gasteiger partial charge in [0, 0.05) is 18.5 Å². The topological polar surface area (TPSA) is 29.5 Å². The lowest BCUT2D eigenvalue weighted by Gasteiger charge is -2.18. The van der Waals surface area contributed by atoms with Crippen molar-refractivity contribution in [3.05, 3.63) is 12.7 Å². The summed E-state index contributed by atoms with van der Waals surface area (Å²) in [6.45, 7) is 5.69. The standard InChI is InChI=1S/C8H15NO2.CH3Cl/c1-5-8(10)11-6-7(2)9(3)4;1-2/h5,7H,1,6H2,2-4H3;1H3. The van der Waals surface area contributed by atoms with Gasteiger partial charge in [-0.15, -0.1) is 11.6 Å². The van der Waals surface area contributed by atoms with Crippen LogP contribution in [0.4, 0.5) is 0 Å². The van der Waals surface area contributed by atoms with Gasteiger partial charge in [0.25, 0.3) is 0 Å². The summed E-state index contributed by atoms with van der Waals surface area (Å²) in [4.78, 5) is 12.6. The number of hydrogen-bond donors (Lipinski definition) is 0. The van der Waals surface area contributed by atoms with Crippen LogP contribution >= 0.6 is 11.6 Å². The fourth-order valence-corrected chi connectivity index (χ4v) is 0.411. The second kappa shape index (κ2) is 9.55. The van der Waals surface area contributed by atoms with Gasteiger partial charge >= 0.3 is 5.97 Å². The molecule has 0 aliphatic carbocycles. The van der Waals surface area contributed by atoms with Crippen molar-refractivity contribution in [2.75, 3.05) is 27.1 Å². The molecule has 0 aliphatic heterocycles. The summed E-state index contributed by atoms with van der Waals surface area (Å²) >= 11 is 4.64. The number of nitrogens with zero attached hydrogens (tertiary/aromatic N) is 1. The summed E-state index contributed by atoms with van der Waals surface area (Å²) in [6.07, 6.45) is 2.64. The molecule has 0 aromatic heterocycles. The fraction of sp³-hybridized carbons (Fsp3) is 0.667. The highest BCUT2D eigenvalue weighted by Crippen LogP contribution is 1.92. The number of hydrogen-bond acceptors (Lipinski definition) is 3. The molecule has 0 spiro atoms. The molecule has 1 unspecified atom stereocenters. The Morgan fingerprint density at radius 2 is 2.08 bits per heavy atom. The Morgan fingerprint density at radius 1 is 1.62 bits per heavy atom. The predicted molar refractivity (Wildman–Crippen MR) is 56.1 cm³/mol. The van der Waals surface area contributed by atoms with Gasteiger partial charge in [-0.05, 0) is 21.0 Å². The minimum atomic E-state index is -0.362. The van der Waals surface area contributed by atoms with E-state index in [0.717, 1.165) is 0 Å². The molecule has 4 heteroatoms. The average molecular weight is 208 g/mol. The van der Waals surface area contributed by atoms with E-state index in [2.05, 4.69) is 18.2 Å². The second-order valence-corrected chi connectivity index (χ2v) is 2.65. The van der Waals surface area contributed by atoms with Crippen molar-refractivity contribution in [1.29, 1.82) is 0 Å². The molecule has 1 atom stereocenters. The minimum Gasteiger partial charge on any atom is -0.461 e. The third-order valence-electron chi connectivity index (χ3n) is 1.52. The summed E-state index contributed by atoms with van der Waals surface area (Å²) in [5.41, 5.74) is 0. The maximum atomic E-state index is 10.6. The monoisotopic (exact) mass is 207 g/mol. The van der Waals surface area contributed by atoms with E-state index in [1.165, 1.54) is 12.5 Å². The number of rotatable bonds is 4. The molecule has 0 saturated carbocycles. The molecule has 0 aliphatic rings. The molecule has 0 heterocycles. The highest BCUT2D eigenvalue weighted by Gasteiger charge is 2.05. The molecule has 0 amide bonds. The zero-order valence-electron chi connectivity index (χ0n) is 8.71. The molecule has 0 aromatic rings. The van der Waals surface area contributed by atoms with E-state index in [9.17, 15) is 4.79 Å². The van der Waals surface area contributed by atoms with Crippen LogP contribution < -0.4 is 0 Å². The normalized spacial score (nSPS) is 11.2.